The highest BCUT2D eigenvalue weighted by Crippen LogP contribution is 2.17. The van der Waals surface area contributed by atoms with Crippen molar-refractivity contribution in [2.24, 2.45) is 0 Å². The Morgan fingerprint density at radius 1 is 1.32 bits per heavy atom. The zero-order chi connectivity index (χ0) is 14.3. The molecule has 0 aromatic heterocycles. The van der Waals surface area contributed by atoms with Gasteiger partial charge in [-0.2, -0.15) is 0 Å². The highest BCUT2D eigenvalue weighted by molar-refractivity contribution is 5.92. The van der Waals surface area contributed by atoms with Crippen molar-refractivity contribution >= 4 is 11.6 Å². The number of aliphatic hydroxyl groups excluding tert-OH is 1. The number of carbonyl (C=O) groups is 1. The summed E-state index contributed by atoms with van der Waals surface area (Å²) >= 11 is 0. The molecule has 0 aliphatic rings. The average Bonchev–Trinajstić information content (AvgIpc) is 2.35. The molecule has 0 saturated carbocycles. The van der Waals surface area contributed by atoms with E-state index in [1.807, 2.05) is 6.92 Å². The van der Waals surface area contributed by atoms with Gasteiger partial charge in [0, 0.05) is 6.54 Å². The fourth-order valence-corrected chi connectivity index (χ4v) is 1.73. The first-order valence-electron chi connectivity index (χ1n) is 6.15. The molecule has 19 heavy (non-hydrogen) atoms. The minimum atomic E-state index is -0.808. The van der Waals surface area contributed by atoms with Gasteiger partial charge in [0.1, 0.15) is 17.3 Å². The topological polar surface area (TPSA) is 52.6 Å². The number of hydrogen-bond donors (Lipinski definition) is 2. The SMILES string of the molecule is CCCN(CCO)CC(=O)Nc1c(F)cccc1F. The number of anilines is 1. The van der Waals surface area contributed by atoms with E-state index in [9.17, 15) is 13.6 Å². The van der Waals surface area contributed by atoms with Crippen molar-refractivity contribution in [3.63, 3.8) is 0 Å². The molecule has 0 heterocycles. The predicted molar refractivity (Wildman–Crippen MR) is 68.8 cm³/mol. The number of benzene rings is 1. The third-order valence-corrected chi connectivity index (χ3v) is 2.55. The number of aliphatic hydroxyl groups is 1. The van der Waals surface area contributed by atoms with Crippen molar-refractivity contribution in [3.8, 4) is 0 Å². The molecule has 0 atom stereocenters. The van der Waals surface area contributed by atoms with E-state index in [1.54, 1.807) is 4.90 Å². The van der Waals surface area contributed by atoms with Crippen LogP contribution in [0.5, 0.6) is 0 Å². The van der Waals surface area contributed by atoms with Crippen molar-refractivity contribution in [1.29, 1.82) is 0 Å². The lowest BCUT2D eigenvalue weighted by molar-refractivity contribution is -0.117. The molecular weight excluding hydrogens is 254 g/mol. The van der Waals surface area contributed by atoms with E-state index in [0.29, 0.717) is 13.1 Å². The molecule has 6 heteroatoms. The van der Waals surface area contributed by atoms with Gasteiger partial charge in [0.2, 0.25) is 5.91 Å². The minimum Gasteiger partial charge on any atom is -0.395 e. The number of halogens is 2. The Morgan fingerprint density at radius 2 is 1.95 bits per heavy atom. The molecule has 106 valence electrons. The molecule has 0 radical (unpaired) electrons. The number of hydrogen-bond acceptors (Lipinski definition) is 3. The summed E-state index contributed by atoms with van der Waals surface area (Å²) in [4.78, 5) is 13.4. The first kappa shape index (κ1) is 15.5. The molecule has 1 aromatic carbocycles. The summed E-state index contributed by atoms with van der Waals surface area (Å²) < 4.78 is 26.7. The van der Waals surface area contributed by atoms with Crippen LogP contribution in [-0.2, 0) is 4.79 Å². The van der Waals surface area contributed by atoms with Gasteiger partial charge in [0.15, 0.2) is 0 Å². The molecular formula is C13H18F2N2O2. The number of amides is 1. The summed E-state index contributed by atoms with van der Waals surface area (Å²) in [5, 5.41) is 11.1. The van der Waals surface area contributed by atoms with Gasteiger partial charge in [-0.05, 0) is 25.1 Å². The van der Waals surface area contributed by atoms with Crippen LogP contribution in [0.3, 0.4) is 0 Å². The highest BCUT2D eigenvalue weighted by atomic mass is 19.1. The van der Waals surface area contributed by atoms with Crippen molar-refractivity contribution in [2.75, 3.05) is 31.6 Å². The normalized spacial score (nSPS) is 10.8. The minimum absolute atomic E-state index is 0.0117. The zero-order valence-electron chi connectivity index (χ0n) is 10.8. The molecule has 0 bridgehead atoms. The van der Waals surface area contributed by atoms with E-state index < -0.39 is 23.2 Å². The van der Waals surface area contributed by atoms with Crippen LogP contribution in [0.25, 0.3) is 0 Å². The van der Waals surface area contributed by atoms with E-state index in [-0.39, 0.29) is 13.2 Å². The largest absolute Gasteiger partial charge is 0.395 e. The molecule has 1 amide bonds. The summed E-state index contributed by atoms with van der Waals surface area (Å²) in [6, 6.07) is 3.39. The van der Waals surface area contributed by atoms with Gasteiger partial charge < -0.3 is 10.4 Å². The lowest BCUT2D eigenvalue weighted by atomic mass is 10.3. The second-order valence-electron chi connectivity index (χ2n) is 4.14. The van der Waals surface area contributed by atoms with Gasteiger partial charge in [-0.15, -0.1) is 0 Å². The van der Waals surface area contributed by atoms with Gasteiger partial charge in [-0.25, -0.2) is 8.78 Å². The molecule has 0 fully saturated rings. The first-order valence-corrected chi connectivity index (χ1v) is 6.15. The van der Waals surface area contributed by atoms with Crippen LogP contribution in [-0.4, -0.2) is 42.2 Å². The lowest BCUT2D eigenvalue weighted by Gasteiger charge is -2.19. The van der Waals surface area contributed by atoms with E-state index in [2.05, 4.69) is 5.32 Å². The summed E-state index contributed by atoms with van der Waals surface area (Å²) in [5.41, 5.74) is -0.437. The van der Waals surface area contributed by atoms with Crippen molar-refractivity contribution in [3.05, 3.63) is 29.8 Å². The Bertz CT molecular complexity index is 401. The molecule has 0 aliphatic heterocycles. The van der Waals surface area contributed by atoms with Gasteiger partial charge in [0.05, 0.1) is 13.2 Å². The first-order chi connectivity index (χ1) is 9.08. The third-order valence-electron chi connectivity index (χ3n) is 2.55. The summed E-state index contributed by atoms with van der Waals surface area (Å²) in [6.07, 6.45) is 0.821. The molecule has 0 aliphatic carbocycles. The maximum absolute atomic E-state index is 13.3. The second kappa shape index (κ2) is 7.81. The quantitative estimate of drug-likeness (QED) is 0.793. The smallest absolute Gasteiger partial charge is 0.238 e. The Hall–Kier alpha value is -1.53. The number of nitrogens with one attached hydrogen (secondary N) is 1. The Morgan fingerprint density at radius 3 is 2.47 bits per heavy atom. The summed E-state index contributed by atoms with van der Waals surface area (Å²) in [7, 11) is 0. The maximum Gasteiger partial charge on any atom is 0.238 e. The number of para-hydroxylation sites is 1. The van der Waals surface area contributed by atoms with E-state index in [0.717, 1.165) is 18.6 Å². The second-order valence-corrected chi connectivity index (χ2v) is 4.14. The Balaban J connectivity index is 2.63. The van der Waals surface area contributed by atoms with Crippen LogP contribution in [0, 0.1) is 11.6 Å². The monoisotopic (exact) mass is 272 g/mol. The predicted octanol–water partition coefficient (Wildman–Crippen LogP) is 1.61. The van der Waals surface area contributed by atoms with Gasteiger partial charge in [-0.1, -0.05) is 13.0 Å². The fraction of sp³-hybridized carbons (Fsp3) is 0.462. The highest BCUT2D eigenvalue weighted by Gasteiger charge is 2.14. The van der Waals surface area contributed by atoms with E-state index in [4.69, 9.17) is 5.11 Å². The Labute approximate surface area is 111 Å². The van der Waals surface area contributed by atoms with Crippen molar-refractivity contribution < 1.29 is 18.7 Å². The van der Waals surface area contributed by atoms with Crippen LogP contribution in [0.4, 0.5) is 14.5 Å². The molecule has 1 rings (SSSR count). The van der Waals surface area contributed by atoms with Gasteiger partial charge >= 0.3 is 0 Å². The average molecular weight is 272 g/mol. The van der Waals surface area contributed by atoms with Crippen LogP contribution >= 0.6 is 0 Å². The third kappa shape index (κ3) is 4.92. The lowest BCUT2D eigenvalue weighted by Crippen LogP contribution is -2.36. The van der Waals surface area contributed by atoms with Gasteiger partial charge in [0.25, 0.3) is 0 Å². The molecule has 0 unspecified atom stereocenters. The zero-order valence-corrected chi connectivity index (χ0v) is 10.8. The van der Waals surface area contributed by atoms with Crippen molar-refractivity contribution in [2.45, 2.75) is 13.3 Å². The van der Waals surface area contributed by atoms with Crippen LogP contribution in [0.1, 0.15) is 13.3 Å². The summed E-state index contributed by atoms with van der Waals surface area (Å²) in [5.74, 6) is -2.12. The number of carbonyl (C=O) groups excluding carboxylic acids is 1. The summed E-state index contributed by atoms with van der Waals surface area (Å²) in [6.45, 7) is 2.84. The molecule has 1 aromatic rings. The fourth-order valence-electron chi connectivity index (χ4n) is 1.73. The van der Waals surface area contributed by atoms with Crippen molar-refractivity contribution in [1.82, 2.24) is 4.90 Å². The van der Waals surface area contributed by atoms with E-state index in [1.165, 1.54) is 6.07 Å². The van der Waals surface area contributed by atoms with Crippen LogP contribution in [0.15, 0.2) is 18.2 Å². The molecule has 0 saturated heterocycles. The number of nitrogens with zero attached hydrogens (tertiary/aromatic N) is 1. The molecule has 0 spiro atoms. The Kier molecular flexibility index (Phi) is 6.38. The van der Waals surface area contributed by atoms with Crippen LogP contribution < -0.4 is 5.32 Å². The molecule has 2 N–H and O–H groups in total. The standard InChI is InChI=1S/C13H18F2N2O2/c1-2-6-17(7-8-18)9-12(19)16-13-10(14)4-3-5-11(13)15/h3-5,18H,2,6-9H2,1H3,(H,16,19). The van der Waals surface area contributed by atoms with E-state index >= 15 is 0 Å². The number of rotatable bonds is 7. The molecule has 4 nitrogen and oxygen atoms in total. The van der Waals surface area contributed by atoms with Gasteiger partial charge in [-0.3, -0.25) is 9.69 Å². The maximum atomic E-state index is 13.3. The van der Waals surface area contributed by atoms with Crippen LogP contribution in [0.2, 0.25) is 0 Å².